The van der Waals surface area contributed by atoms with Crippen molar-refractivity contribution < 1.29 is 18.7 Å². The van der Waals surface area contributed by atoms with Gasteiger partial charge in [0.25, 0.3) is 11.8 Å². The third-order valence-corrected chi connectivity index (χ3v) is 8.16. The molecule has 1 unspecified atom stereocenters. The van der Waals surface area contributed by atoms with Crippen LogP contribution in [0.2, 0.25) is 0 Å². The third kappa shape index (κ3) is 5.32. The number of rotatable bonds is 6. The Morgan fingerprint density at radius 3 is 2.59 bits per heavy atom. The number of hydrogen-bond acceptors (Lipinski definition) is 4. The van der Waals surface area contributed by atoms with Crippen molar-refractivity contribution in [3.05, 3.63) is 118 Å². The molecule has 1 atom stereocenters. The average Bonchev–Trinajstić information content (AvgIpc) is 3.77. The van der Waals surface area contributed by atoms with E-state index in [1.165, 1.54) is 17.7 Å². The average molecular weight is 550 g/mol. The molecular weight excluding hydrogens is 517 g/mol. The molecule has 2 aromatic carbocycles. The number of amides is 2. The van der Waals surface area contributed by atoms with E-state index in [0.717, 1.165) is 36.0 Å². The molecule has 0 saturated heterocycles. The van der Waals surface area contributed by atoms with E-state index in [1.54, 1.807) is 25.4 Å². The molecule has 2 aliphatic carbocycles. The van der Waals surface area contributed by atoms with E-state index >= 15 is 0 Å². The van der Waals surface area contributed by atoms with E-state index in [9.17, 15) is 14.0 Å². The van der Waals surface area contributed by atoms with Gasteiger partial charge < -0.3 is 15.4 Å². The molecule has 4 aliphatic rings. The van der Waals surface area contributed by atoms with Crippen molar-refractivity contribution in [3.63, 3.8) is 0 Å². The molecule has 2 amide bonds. The zero-order valence-electron chi connectivity index (χ0n) is 23.2. The maximum Gasteiger partial charge on any atom is 0.255 e. The van der Waals surface area contributed by atoms with Crippen LogP contribution in [0.1, 0.15) is 60.5 Å². The fourth-order valence-electron chi connectivity index (χ4n) is 5.79. The van der Waals surface area contributed by atoms with Crippen molar-refractivity contribution in [2.75, 3.05) is 7.05 Å². The fraction of sp³-hybridized carbons (Fsp3) is 0.265. The first-order valence-electron chi connectivity index (χ1n) is 14.0. The Morgan fingerprint density at radius 1 is 1.05 bits per heavy atom. The molecule has 6 rings (SSSR count). The summed E-state index contributed by atoms with van der Waals surface area (Å²) in [7, 11) is 1.57. The van der Waals surface area contributed by atoms with Crippen LogP contribution in [-0.2, 0) is 9.53 Å². The summed E-state index contributed by atoms with van der Waals surface area (Å²) >= 11 is 0. The van der Waals surface area contributed by atoms with Gasteiger partial charge in [0.15, 0.2) is 5.90 Å². The van der Waals surface area contributed by atoms with Crippen LogP contribution in [-0.4, -0.2) is 30.3 Å². The van der Waals surface area contributed by atoms with Crippen LogP contribution in [0.4, 0.5) is 4.39 Å². The van der Waals surface area contributed by atoms with Gasteiger partial charge in [-0.15, -0.1) is 0 Å². The number of nitrogens with one attached hydrogen (secondary N) is 2. The fourth-order valence-corrected chi connectivity index (χ4v) is 5.79. The van der Waals surface area contributed by atoms with Crippen LogP contribution in [0, 0.1) is 11.7 Å². The van der Waals surface area contributed by atoms with Gasteiger partial charge in [0, 0.05) is 36.4 Å². The Bertz CT molecular complexity index is 1600. The minimum absolute atomic E-state index is 0.107. The first kappa shape index (κ1) is 26.7. The lowest BCUT2D eigenvalue weighted by atomic mass is 9.86. The number of fused-ring (bicyclic) bond motifs is 3. The van der Waals surface area contributed by atoms with Crippen LogP contribution in [0.3, 0.4) is 0 Å². The summed E-state index contributed by atoms with van der Waals surface area (Å²) in [5.41, 5.74) is 4.90. The van der Waals surface area contributed by atoms with Crippen molar-refractivity contribution in [2.24, 2.45) is 10.9 Å². The zero-order valence-corrected chi connectivity index (χ0v) is 23.2. The van der Waals surface area contributed by atoms with Gasteiger partial charge in [-0.3, -0.25) is 9.59 Å². The number of likely N-dealkylation sites (N-methyl/N-ethyl adjacent to an activating group) is 1. The molecule has 2 N–H and O–H groups in total. The van der Waals surface area contributed by atoms with E-state index in [0.29, 0.717) is 47.1 Å². The van der Waals surface area contributed by atoms with Crippen LogP contribution >= 0.6 is 0 Å². The normalized spacial score (nSPS) is 20.8. The van der Waals surface area contributed by atoms with Crippen LogP contribution in [0.5, 0.6) is 0 Å². The second-order valence-corrected chi connectivity index (χ2v) is 11.0. The number of carbonyl (C=O) groups excluding carboxylic acids is 2. The monoisotopic (exact) mass is 549 g/mol. The lowest BCUT2D eigenvalue weighted by Gasteiger charge is -2.27. The van der Waals surface area contributed by atoms with Crippen molar-refractivity contribution in [2.45, 2.75) is 44.6 Å². The second kappa shape index (κ2) is 10.8. The van der Waals surface area contributed by atoms with Crippen LogP contribution in [0.25, 0.3) is 11.3 Å². The molecule has 2 bridgehead atoms. The molecule has 6 nitrogen and oxygen atoms in total. The number of ether oxygens (including phenoxy) is 1. The molecule has 1 fully saturated rings. The Hall–Kier alpha value is -4.52. The van der Waals surface area contributed by atoms with E-state index in [2.05, 4.69) is 40.8 Å². The zero-order chi connectivity index (χ0) is 28.6. The van der Waals surface area contributed by atoms with Gasteiger partial charge in [-0.2, -0.15) is 0 Å². The van der Waals surface area contributed by atoms with Gasteiger partial charge in [-0.25, -0.2) is 9.38 Å². The summed E-state index contributed by atoms with van der Waals surface area (Å²) in [4.78, 5) is 31.3. The molecule has 2 aromatic rings. The smallest absolute Gasteiger partial charge is 0.255 e. The van der Waals surface area contributed by atoms with E-state index in [4.69, 9.17) is 4.74 Å². The number of carbonyl (C=O) groups is 2. The van der Waals surface area contributed by atoms with Gasteiger partial charge in [-0.1, -0.05) is 37.3 Å². The van der Waals surface area contributed by atoms with Gasteiger partial charge in [0.05, 0.1) is 11.1 Å². The number of aliphatic imine (C=N–C) groups is 1. The molecule has 0 aromatic heterocycles. The Balaban J connectivity index is 1.35. The Morgan fingerprint density at radius 2 is 1.85 bits per heavy atom. The minimum atomic E-state index is -0.374. The molecule has 1 saturated carbocycles. The molecule has 0 radical (unpaired) electrons. The molecule has 2 heterocycles. The first-order chi connectivity index (χ1) is 19.9. The highest BCUT2D eigenvalue weighted by Crippen LogP contribution is 2.47. The highest BCUT2D eigenvalue weighted by atomic mass is 19.1. The van der Waals surface area contributed by atoms with Gasteiger partial charge in [0.2, 0.25) is 0 Å². The number of hydrogen-bond donors (Lipinski definition) is 2. The molecule has 208 valence electrons. The number of allylic oxidation sites excluding steroid dienone is 5. The van der Waals surface area contributed by atoms with Crippen molar-refractivity contribution in [1.29, 1.82) is 0 Å². The predicted octanol–water partition coefficient (Wildman–Crippen LogP) is 6.26. The van der Waals surface area contributed by atoms with Gasteiger partial charge in [0.1, 0.15) is 11.6 Å². The molecule has 7 heteroatoms. The highest BCUT2D eigenvalue weighted by Gasteiger charge is 2.48. The Kier molecular flexibility index (Phi) is 7.03. The van der Waals surface area contributed by atoms with E-state index in [1.807, 2.05) is 30.3 Å². The van der Waals surface area contributed by atoms with E-state index < -0.39 is 0 Å². The van der Waals surface area contributed by atoms with Crippen LogP contribution < -0.4 is 10.6 Å². The minimum Gasteiger partial charge on any atom is -0.442 e. The van der Waals surface area contributed by atoms with E-state index in [-0.39, 0.29) is 23.2 Å². The molecule has 0 spiro atoms. The summed E-state index contributed by atoms with van der Waals surface area (Å²) in [6.45, 7) is 2.21. The quantitative estimate of drug-likeness (QED) is 0.447. The second-order valence-electron chi connectivity index (χ2n) is 11.0. The SMILES string of the molecule is CNC(=O)C1=C(c2ccc(F)cc2)OC2=NC=C(c3cccc(C(=O)NC4(C5=CC=CCC5C)CC4)c3)C=C1CC2. The first-order valence-corrected chi connectivity index (χ1v) is 14.0. The lowest BCUT2D eigenvalue weighted by Crippen LogP contribution is -2.40. The standard InChI is InChI=1S/C34H32FN3O3/c1-21-6-3-4-9-28(21)34(16-17-34)38-32(39)25-8-5-7-23(18-25)26-19-24-12-15-29(37-20-26)41-31(30(24)33(40)36-2)22-10-13-27(35)14-11-22/h3-5,7-11,13-14,18-21H,6,12,15-17H2,1-2H3,(H,36,40)(H,38,39). The summed E-state index contributed by atoms with van der Waals surface area (Å²) in [6, 6.07) is 13.3. The number of benzene rings is 2. The third-order valence-electron chi connectivity index (χ3n) is 8.16. The molecule has 41 heavy (non-hydrogen) atoms. The summed E-state index contributed by atoms with van der Waals surface area (Å²) in [5.74, 6) is 0.418. The Labute approximate surface area is 239 Å². The maximum atomic E-state index is 13.7. The summed E-state index contributed by atoms with van der Waals surface area (Å²) in [6.07, 6.45) is 14.0. The number of halogens is 1. The number of nitrogens with zero attached hydrogens (tertiary/aromatic N) is 1. The summed E-state index contributed by atoms with van der Waals surface area (Å²) in [5, 5.41) is 6.04. The van der Waals surface area contributed by atoms with Crippen molar-refractivity contribution in [3.8, 4) is 0 Å². The van der Waals surface area contributed by atoms with Crippen molar-refractivity contribution in [1.82, 2.24) is 10.6 Å². The van der Waals surface area contributed by atoms with Gasteiger partial charge >= 0.3 is 0 Å². The maximum absolute atomic E-state index is 13.7. The van der Waals surface area contributed by atoms with Crippen molar-refractivity contribution >= 4 is 29.0 Å². The van der Waals surface area contributed by atoms with Gasteiger partial charge in [-0.05, 0) is 90.8 Å². The summed E-state index contributed by atoms with van der Waals surface area (Å²) < 4.78 is 19.9. The largest absolute Gasteiger partial charge is 0.442 e. The lowest BCUT2D eigenvalue weighted by molar-refractivity contribution is -0.116. The molecular formula is C34H32FN3O3. The highest BCUT2D eigenvalue weighted by molar-refractivity contribution is 6.07. The topological polar surface area (TPSA) is 79.8 Å². The molecule has 2 aliphatic heterocycles. The predicted molar refractivity (Wildman–Crippen MR) is 158 cm³/mol. The van der Waals surface area contributed by atoms with Crippen LogP contribution in [0.15, 0.2) is 101 Å².